The number of nitrogens with one attached hydrogen (secondary N) is 1. The molecule has 42 heavy (non-hydrogen) atoms. The molecule has 0 aliphatic carbocycles. The summed E-state index contributed by atoms with van der Waals surface area (Å²) in [5, 5.41) is 22.5. The monoisotopic (exact) mass is 613 g/mol. The standard InChI is InChI=1S/C33H44NO6PS/c1-23(2)29-18-27(12-13-31(29)36)19-30-24(3)16-28(17-25(30)4)39-22-41(38,34-20-26-10-8-7-9-11-26)40-14-15-42-32(37)33(5,6)21-35/h7-13,16-18,23,35-36H,14-15,19-22H2,1-6H3,(H,34,38). The van der Waals surface area contributed by atoms with Gasteiger partial charge in [0.15, 0.2) is 11.5 Å². The first-order valence-corrected chi connectivity index (χ1v) is 17.0. The average Bonchev–Trinajstić information content (AvgIpc) is 2.96. The number of hydrogen-bond acceptors (Lipinski definition) is 7. The maximum atomic E-state index is 13.8. The molecule has 9 heteroatoms. The molecule has 0 aliphatic heterocycles. The molecule has 0 fully saturated rings. The predicted octanol–water partition coefficient (Wildman–Crippen LogP) is 7.34. The van der Waals surface area contributed by atoms with Gasteiger partial charge in [-0.25, -0.2) is 5.09 Å². The van der Waals surface area contributed by atoms with Gasteiger partial charge in [-0.2, -0.15) is 0 Å². The zero-order valence-corrected chi connectivity index (χ0v) is 27.2. The summed E-state index contributed by atoms with van der Waals surface area (Å²) in [6.07, 6.45) is 0.552. The molecule has 1 unspecified atom stereocenters. The van der Waals surface area contributed by atoms with E-state index in [0.29, 0.717) is 23.8 Å². The number of aliphatic hydroxyl groups is 1. The number of aromatic hydroxyl groups is 1. The molecule has 7 nitrogen and oxygen atoms in total. The number of thioether (sulfide) groups is 1. The van der Waals surface area contributed by atoms with Gasteiger partial charge < -0.3 is 19.5 Å². The molecule has 228 valence electrons. The van der Waals surface area contributed by atoms with Crippen molar-refractivity contribution in [1.82, 2.24) is 5.09 Å². The number of carbonyl (C=O) groups is 1. The molecule has 0 spiro atoms. The molecule has 3 aromatic carbocycles. The van der Waals surface area contributed by atoms with Crippen molar-refractivity contribution in [1.29, 1.82) is 0 Å². The van der Waals surface area contributed by atoms with Gasteiger partial charge in [-0.3, -0.25) is 9.36 Å². The van der Waals surface area contributed by atoms with Crippen LogP contribution in [-0.4, -0.2) is 40.6 Å². The number of phenolic OH excluding ortho intramolecular Hbond substituents is 1. The van der Waals surface area contributed by atoms with E-state index in [4.69, 9.17) is 9.26 Å². The van der Waals surface area contributed by atoms with Crippen LogP contribution in [-0.2, 0) is 26.8 Å². The molecule has 3 aromatic rings. The molecule has 3 rings (SSSR count). The molecule has 0 aromatic heterocycles. The highest BCUT2D eigenvalue weighted by molar-refractivity contribution is 8.13. The largest absolute Gasteiger partial charge is 0.508 e. The molecule has 1 atom stereocenters. The molecule has 0 radical (unpaired) electrons. The van der Waals surface area contributed by atoms with Crippen LogP contribution in [0, 0.1) is 19.3 Å². The van der Waals surface area contributed by atoms with Crippen molar-refractivity contribution in [3.05, 3.63) is 94.0 Å². The zero-order valence-electron chi connectivity index (χ0n) is 25.5. The Kier molecular flexibility index (Phi) is 12.3. The number of ether oxygens (including phenoxy) is 1. The Bertz CT molecular complexity index is 1370. The first kappa shape index (κ1) is 33.9. The van der Waals surface area contributed by atoms with Gasteiger partial charge in [0.25, 0.3) is 0 Å². The third-order valence-electron chi connectivity index (χ3n) is 7.10. The molecule has 3 N–H and O–H groups in total. The Morgan fingerprint density at radius 2 is 1.69 bits per heavy atom. The summed E-state index contributed by atoms with van der Waals surface area (Å²) in [6, 6.07) is 19.3. The highest BCUT2D eigenvalue weighted by Gasteiger charge is 2.28. The van der Waals surface area contributed by atoms with E-state index in [-0.39, 0.29) is 30.6 Å². The van der Waals surface area contributed by atoms with Crippen LogP contribution in [0.4, 0.5) is 0 Å². The molecular weight excluding hydrogens is 569 g/mol. The van der Waals surface area contributed by atoms with E-state index in [1.54, 1.807) is 19.9 Å². The van der Waals surface area contributed by atoms with Gasteiger partial charge in [-0.15, -0.1) is 0 Å². The topological polar surface area (TPSA) is 105 Å². The van der Waals surface area contributed by atoms with Crippen LogP contribution < -0.4 is 9.82 Å². The zero-order chi connectivity index (χ0) is 30.9. The molecule has 0 amide bonds. The number of aliphatic hydroxyl groups excluding tert-OH is 1. The van der Waals surface area contributed by atoms with E-state index in [1.807, 2.05) is 62.4 Å². The van der Waals surface area contributed by atoms with E-state index >= 15 is 0 Å². The van der Waals surface area contributed by atoms with Gasteiger partial charge in [0.2, 0.25) is 0 Å². The minimum absolute atomic E-state index is 0.0856. The summed E-state index contributed by atoms with van der Waals surface area (Å²) >= 11 is 1.06. The lowest BCUT2D eigenvalue weighted by atomic mass is 9.93. The minimum Gasteiger partial charge on any atom is -0.508 e. The third-order valence-corrected chi connectivity index (χ3v) is 9.99. The minimum atomic E-state index is -3.44. The Morgan fingerprint density at radius 3 is 2.31 bits per heavy atom. The van der Waals surface area contributed by atoms with E-state index < -0.39 is 12.9 Å². The van der Waals surface area contributed by atoms with Gasteiger partial charge in [0.1, 0.15) is 11.5 Å². The van der Waals surface area contributed by atoms with E-state index in [2.05, 4.69) is 25.0 Å². The number of phenols is 1. The Labute approximate surface area is 254 Å². The van der Waals surface area contributed by atoms with Gasteiger partial charge in [0.05, 0.1) is 18.6 Å². The first-order chi connectivity index (χ1) is 19.8. The van der Waals surface area contributed by atoms with Gasteiger partial charge in [-0.1, -0.05) is 68.1 Å². The summed E-state index contributed by atoms with van der Waals surface area (Å²) < 4.78 is 25.7. The van der Waals surface area contributed by atoms with E-state index in [0.717, 1.165) is 46.0 Å². The molecule has 0 heterocycles. The second kappa shape index (κ2) is 15.2. The molecule has 0 bridgehead atoms. The van der Waals surface area contributed by atoms with Crippen molar-refractivity contribution in [3.8, 4) is 11.5 Å². The average molecular weight is 614 g/mol. The summed E-state index contributed by atoms with van der Waals surface area (Å²) in [6.45, 7) is 11.8. The second-order valence-electron chi connectivity index (χ2n) is 11.5. The summed E-state index contributed by atoms with van der Waals surface area (Å²) in [4.78, 5) is 12.3. The molecular formula is C33H44NO6PS. The van der Waals surface area contributed by atoms with Crippen LogP contribution in [0.15, 0.2) is 60.7 Å². The molecule has 0 aliphatic rings. The van der Waals surface area contributed by atoms with Crippen LogP contribution in [0.2, 0.25) is 0 Å². The van der Waals surface area contributed by atoms with Crippen molar-refractivity contribution in [2.24, 2.45) is 5.41 Å². The lowest BCUT2D eigenvalue weighted by Gasteiger charge is -2.22. The highest BCUT2D eigenvalue weighted by Crippen LogP contribution is 2.43. The van der Waals surface area contributed by atoms with Crippen LogP contribution in [0.25, 0.3) is 0 Å². The third kappa shape index (κ3) is 9.72. The molecule has 0 saturated carbocycles. The van der Waals surface area contributed by atoms with Gasteiger partial charge >= 0.3 is 7.52 Å². The van der Waals surface area contributed by atoms with Crippen molar-refractivity contribution in [3.63, 3.8) is 0 Å². The number of hydrogen-bond donors (Lipinski definition) is 3. The summed E-state index contributed by atoms with van der Waals surface area (Å²) in [5.74, 6) is 1.45. The maximum Gasteiger partial charge on any atom is 0.306 e. The van der Waals surface area contributed by atoms with Crippen molar-refractivity contribution in [2.75, 3.05) is 25.3 Å². The second-order valence-corrected chi connectivity index (χ2v) is 14.8. The summed E-state index contributed by atoms with van der Waals surface area (Å²) in [7, 11) is -3.44. The van der Waals surface area contributed by atoms with Crippen LogP contribution in [0.5, 0.6) is 11.5 Å². The fourth-order valence-corrected chi connectivity index (χ4v) is 6.69. The fourth-order valence-electron chi connectivity index (χ4n) is 4.37. The van der Waals surface area contributed by atoms with Crippen LogP contribution in [0.3, 0.4) is 0 Å². The van der Waals surface area contributed by atoms with E-state index in [9.17, 15) is 19.6 Å². The van der Waals surface area contributed by atoms with Gasteiger partial charge in [-0.05, 0) is 91.6 Å². The number of rotatable bonds is 15. The van der Waals surface area contributed by atoms with E-state index in [1.165, 1.54) is 5.56 Å². The van der Waals surface area contributed by atoms with Crippen molar-refractivity contribution >= 4 is 24.4 Å². The molecule has 0 saturated heterocycles. The number of aryl methyl sites for hydroxylation is 2. The van der Waals surface area contributed by atoms with Crippen LogP contribution >= 0.6 is 19.3 Å². The maximum absolute atomic E-state index is 13.8. The highest BCUT2D eigenvalue weighted by atomic mass is 32.2. The quantitative estimate of drug-likeness (QED) is 0.121. The van der Waals surface area contributed by atoms with Gasteiger partial charge in [0, 0.05) is 12.3 Å². The van der Waals surface area contributed by atoms with Crippen LogP contribution in [0.1, 0.15) is 67.0 Å². The normalized spacial score (nSPS) is 13.2. The van der Waals surface area contributed by atoms with Crippen molar-refractivity contribution < 1.29 is 28.8 Å². The predicted molar refractivity (Wildman–Crippen MR) is 172 cm³/mol. The first-order valence-electron chi connectivity index (χ1n) is 14.2. The Hall–Kier alpha value is -2.61. The lowest BCUT2D eigenvalue weighted by molar-refractivity contribution is -0.119. The Balaban J connectivity index is 1.70. The Morgan fingerprint density at radius 1 is 1.02 bits per heavy atom. The number of benzene rings is 3. The van der Waals surface area contributed by atoms with Crippen molar-refractivity contribution in [2.45, 2.75) is 60.4 Å². The lowest BCUT2D eigenvalue weighted by Crippen LogP contribution is -2.26. The fraction of sp³-hybridized carbons (Fsp3) is 0.424. The smallest absolute Gasteiger partial charge is 0.306 e. The SMILES string of the molecule is Cc1cc(OCP(=O)(NCc2ccccc2)OCCSC(=O)C(C)(C)CO)cc(C)c1Cc1ccc(O)c(C(C)C)c1. The summed E-state index contributed by atoms with van der Waals surface area (Å²) in [5.41, 5.74) is 5.46. The number of carbonyl (C=O) groups excluding carboxylic acids is 1.